The van der Waals surface area contributed by atoms with Gasteiger partial charge in [-0.2, -0.15) is 5.10 Å². The smallest absolute Gasteiger partial charge is 0.271 e. The zero-order valence-electron chi connectivity index (χ0n) is 15.3. The zero-order chi connectivity index (χ0) is 19.8. The highest BCUT2D eigenvalue weighted by molar-refractivity contribution is 6.04. The summed E-state index contributed by atoms with van der Waals surface area (Å²) in [5.41, 5.74) is 4.88. The van der Waals surface area contributed by atoms with Crippen molar-refractivity contribution in [3.63, 3.8) is 0 Å². The maximum atomic E-state index is 12.2. The van der Waals surface area contributed by atoms with Gasteiger partial charge in [0.25, 0.3) is 11.8 Å². The van der Waals surface area contributed by atoms with Gasteiger partial charge in [-0.1, -0.05) is 30.3 Å². The Morgan fingerprint density at radius 2 is 1.57 bits per heavy atom. The average Bonchev–Trinajstić information content (AvgIpc) is 2.75. The third-order valence-corrected chi connectivity index (χ3v) is 3.91. The van der Waals surface area contributed by atoms with Gasteiger partial charge in [-0.05, 0) is 54.1 Å². The molecule has 140 valence electrons. The fourth-order valence-corrected chi connectivity index (χ4v) is 2.45. The van der Waals surface area contributed by atoms with E-state index in [2.05, 4.69) is 15.8 Å². The standard InChI is InChI=1S/C22H19N3O3/c1-28-20-9-5-6-16(14-20)15-23-25-22(27)18-10-12-19(13-11-18)24-21(26)17-7-3-2-4-8-17/h2-15H,1H3,(H,24,26)(H,25,27)/b23-15+. The van der Waals surface area contributed by atoms with Crippen LogP contribution in [-0.4, -0.2) is 25.1 Å². The molecule has 0 aromatic heterocycles. The van der Waals surface area contributed by atoms with Gasteiger partial charge in [0.1, 0.15) is 5.75 Å². The molecule has 3 aromatic carbocycles. The number of carbonyl (C=O) groups is 2. The van der Waals surface area contributed by atoms with Crippen LogP contribution in [0, 0.1) is 0 Å². The molecular formula is C22H19N3O3. The molecule has 0 atom stereocenters. The number of methoxy groups -OCH3 is 1. The second kappa shape index (κ2) is 9.14. The summed E-state index contributed by atoms with van der Waals surface area (Å²) in [6, 6.07) is 22.8. The topological polar surface area (TPSA) is 79.8 Å². The number of anilines is 1. The van der Waals surface area contributed by atoms with Gasteiger partial charge in [0.2, 0.25) is 0 Å². The van der Waals surface area contributed by atoms with Crippen LogP contribution in [0.5, 0.6) is 5.75 Å². The van der Waals surface area contributed by atoms with E-state index < -0.39 is 0 Å². The molecule has 6 heteroatoms. The molecule has 6 nitrogen and oxygen atoms in total. The molecule has 2 N–H and O–H groups in total. The number of hydrogen-bond acceptors (Lipinski definition) is 4. The van der Waals surface area contributed by atoms with Gasteiger partial charge in [-0.15, -0.1) is 0 Å². The fourth-order valence-electron chi connectivity index (χ4n) is 2.45. The van der Waals surface area contributed by atoms with Gasteiger partial charge in [0, 0.05) is 16.8 Å². The largest absolute Gasteiger partial charge is 0.497 e. The van der Waals surface area contributed by atoms with Crippen molar-refractivity contribution in [3.8, 4) is 5.75 Å². The third-order valence-electron chi connectivity index (χ3n) is 3.91. The summed E-state index contributed by atoms with van der Waals surface area (Å²) in [4.78, 5) is 24.3. The zero-order valence-corrected chi connectivity index (χ0v) is 15.3. The van der Waals surface area contributed by atoms with Crippen LogP contribution in [0.4, 0.5) is 5.69 Å². The number of hydrazone groups is 1. The summed E-state index contributed by atoms with van der Waals surface area (Å²) >= 11 is 0. The predicted octanol–water partition coefficient (Wildman–Crippen LogP) is 3.71. The van der Waals surface area contributed by atoms with Crippen LogP contribution in [0.15, 0.2) is 84.0 Å². The van der Waals surface area contributed by atoms with Crippen molar-refractivity contribution in [1.29, 1.82) is 0 Å². The Hall–Kier alpha value is -3.93. The van der Waals surface area contributed by atoms with E-state index in [1.807, 2.05) is 24.3 Å². The molecular weight excluding hydrogens is 354 g/mol. The van der Waals surface area contributed by atoms with Crippen LogP contribution in [0.1, 0.15) is 26.3 Å². The Kier molecular flexibility index (Phi) is 6.15. The molecule has 0 saturated heterocycles. The van der Waals surface area contributed by atoms with Crippen LogP contribution in [0.3, 0.4) is 0 Å². The van der Waals surface area contributed by atoms with Crippen LogP contribution < -0.4 is 15.5 Å². The number of nitrogens with zero attached hydrogens (tertiary/aromatic N) is 1. The fraction of sp³-hybridized carbons (Fsp3) is 0.0455. The van der Waals surface area contributed by atoms with E-state index in [4.69, 9.17) is 4.74 Å². The molecule has 0 aliphatic carbocycles. The molecule has 2 amide bonds. The number of rotatable bonds is 6. The first-order valence-corrected chi connectivity index (χ1v) is 8.59. The summed E-state index contributed by atoms with van der Waals surface area (Å²) in [6.07, 6.45) is 1.54. The van der Waals surface area contributed by atoms with Crippen LogP contribution in [0.25, 0.3) is 0 Å². The lowest BCUT2D eigenvalue weighted by atomic mass is 10.1. The van der Waals surface area contributed by atoms with E-state index >= 15 is 0 Å². The minimum Gasteiger partial charge on any atom is -0.497 e. The van der Waals surface area contributed by atoms with E-state index in [9.17, 15) is 9.59 Å². The van der Waals surface area contributed by atoms with E-state index in [1.54, 1.807) is 61.7 Å². The Morgan fingerprint density at radius 3 is 2.29 bits per heavy atom. The minimum atomic E-state index is -0.347. The van der Waals surface area contributed by atoms with Crippen molar-refractivity contribution >= 4 is 23.7 Å². The maximum Gasteiger partial charge on any atom is 0.271 e. The highest BCUT2D eigenvalue weighted by atomic mass is 16.5. The summed E-state index contributed by atoms with van der Waals surface area (Å²) in [5, 5.41) is 6.74. The first-order valence-electron chi connectivity index (χ1n) is 8.59. The Bertz CT molecular complexity index is 983. The number of hydrogen-bond donors (Lipinski definition) is 2. The molecule has 0 unspecified atom stereocenters. The first kappa shape index (κ1) is 18.8. The molecule has 0 aliphatic rings. The van der Waals surface area contributed by atoms with Crippen LogP contribution in [0.2, 0.25) is 0 Å². The highest BCUT2D eigenvalue weighted by Crippen LogP contribution is 2.12. The minimum absolute atomic E-state index is 0.208. The Balaban J connectivity index is 1.57. The van der Waals surface area contributed by atoms with Crippen molar-refractivity contribution in [3.05, 3.63) is 95.6 Å². The van der Waals surface area contributed by atoms with Crippen molar-refractivity contribution in [2.24, 2.45) is 5.10 Å². The van der Waals surface area contributed by atoms with Crippen LogP contribution >= 0.6 is 0 Å². The normalized spacial score (nSPS) is 10.5. The molecule has 0 bridgehead atoms. The van der Waals surface area contributed by atoms with Gasteiger partial charge < -0.3 is 10.1 Å². The van der Waals surface area contributed by atoms with Gasteiger partial charge in [0.15, 0.2) is 0 Å². The summed E-state index contributed by atoms with van der Waals surface area (Å²) in [6.45, 7) is 0. The monoisotopic (exact) mass is 373 g/mol. The number of ether oxygens (including phenoxy) is 1. The number of nitrogens with one attached hydrogen (secondary N) is 2. The van der Waals surface area contributed by atoms with Gasteiger partial charge in [-0.25, -0.2) is 5.43 Å². The maximum absolute atomic E-state index is 12.2. The molecule has 0 radical (unpaired) electrons. The molecule has 28 heavy (non-hydrogen) atoms. The highest BCUT2D eigenvalue weighted by Gasteiger charge is 2.07. The molecule has 0 aliphatic heterocycles. The molecule has 0 fully saturated rings. The Morgan fingerprint density at radius 1 is 0.857 bits per heavy atom. The molecule has 3 aromatic rings. The lowest BCUT2D eigenvalue weighted by Crippen LogP contribution is -2.17. The molecule has 3 rings (SSSR count). The summed E-state index contributed by atoms with van der Waals surface area (Å²) in [5.74, 6) is 0.157. The van der Waals surface area contributed by atoms with Gasteiger partial charge >= 0.3 is 0 Å². The van der Waals surface area contributed by atoms with E-state index in [0.29, 0.717) is 22.6 Å². The Labute approximate surface area is 162 Å². The van der Waals surface area contributed by atoms with E-state index in [-0.39, 0.29) is 11.8 Å². The van der Waals surface area contributed by atoms with Crippen molar-refractivity contribution in [2.45, 2.75) is 0 Å². The van der Waals surface area contributed by atoms with E-state index in [0.717, 1.165) is 5.56 Å². The van der Waals surface area contributed by atoms with Crippen molar-refractivity contribution < 1.29 is 14.3 Å². The predicted molar refractivity (Wildman–Crippen MR) is 109 cm³/mol. The lowest BCUT2D eigenvalue weighted by molar-refractivity contribution is 0.0954. The molecule has 0 saturated carbocycles. The lowest BCUT2D eigenvalue weighted by Gasteiger charge is -2.06. The number of amides is 2. The second-order valence-electron chi connectivity index (χ2n) is 5.87. The molecule has 0 spiro atoms. The van der Waals surface area contributed by atoms with Gasteiger partial charge in [-0.3, -0.25) is 9.59 Å². The second-order valence-corrected chi connectivity index (χ2v) is 5.87. The van der Waals surface area contributed by atoms with Crippen molar-refractivity contribution in [2.75, 3.05) is 12.4 Å². The number of carbonyl (C=O) groups excluding carboxylic acids is 2. The van der Waals surface area contributed by atoms with Crippen molar-refractivity contribution in [1.82, 2.24) is 5.43 Å². The number of benzene rings is 3. The van der Waals surface area contributed by atoms with E-state index in [1.165, 1.54) is 6.21 Å². The average molecular weight is 373 g/mol. The quantitative estimate of drug-likeness (QED) is 0.511. The third kappa shape index (κ3) is 5.04. The SMILES string of the molecule is COc1cccc(/C=N/NC(=O)c2ccc(NC(=O)c3ccccc3)cc2)c1. The first-order chi connectivity index (χ1) is 13.7. The van der Waals surface area contributed by atoms with Crippen LogP contribution in [-0.2, 0) is 0 Å². The van der Waals surface area contributed by atoms with Gasteiger partial charge in [0.05, 0.1) is 13.3 Å². The summed E-state index contributed by atoms with van der Waals surface area (Å²) in [7, 11) is 1.59. The molecule has 0 heterocycles. The summed E-state index contributed by atoms with van der Waals surface area (Å²) < 4.78 is 5.14.